The van der Waals surface area contributed by atoms with Gasteiger partial charge < -0.3 is 10.3 Å². The van der Waals surface area contributed by atoms with Gasteiger partial charge in [-0.3, -0.25) is 0 Å². The molecule has 0 amide bonds. The number of H-pyrrole nitrogens is 1. The van der Waals surface area contributed by atoms with Gasteiger partial charge in [0.25, 0.3) is 0 Å². The van der Waals surface area contributed by atoms with Crippen LogP contribution in [0.3, 0.4) is 0 Å². The number of hydrogen-bond acceptors (Lipinski definition) is 2. The minimum absolute atomic E-state index is 0.734. The van der Waals surface area contributed by atoms with Gasteiger partial charge in [0.1, 0.15) is 5.82 Å². The second-order valence-electron chi connectivity index (χ2n) is 5.62. The summed E-state index contributed by atoms with van der Waals surface area (Å²) in [6.07, 6.45) is 4.29. The topological polar surface area (TPSA) is 40.7 Å². The normalized spacial score (nSPS) is 18.9. The molecule has 1 unspecified atom stereocenters. The molecular weight excluding hydrogens is 234 g/mol. The van der Waals surface area contributed by atoms with Crippen molar-refractivity contribution in [2.45, 2.75) is 26.7 Å². The van der Waals surface area contributed by atoms with E-state index in [1.165, 1.54) is 23.1 Å². The second kappa shape index (κ2) is 5.17. The lowest BCUT2D eigenvalue weighted by molar-refractivity contribution is 0.565. The van der Waals surface area contributed by atoms with E-state index >= 15 is 0 Å². The fourth-order valence-electron chi connectivity index (χ4n) is 2.79. The van der Waals surface area contributed by atoms with Crippen molar-refractivity contribution in [2.75, 3.05) is 13.1 Å². The zero-order valence-corrected chi connectivity index (χ0v) is 11.7. The fraction of sp³-hybridized carbons (Fsp3) is 0.438. The van der Waals surface area contributed by atoms with Gasteiger partial charge in [-0.1, -0.05) is 17.7 Å². The Balaban J connectivity index is 1.82. The second-order valence-corrected chi connectivity index (χ2v) is 5.62. The molecule has 2 aromatic rings. The molecule has 1 aliphatic heterocycles. The molecule has 1 saturated heterocycles. The number of nitrogens with zero attached hydrogens (tertiary/aromatic N) is 1. The first-order valence-electron chi connectivity index (χ1n) is 7.04. The van der Waals surface area contributed by atoms with Crippen LogP contribution < -0.4 is 5.32 Å². The molecule has 0 spiro atoms. The first kappa shape index (κ1) is 12.4. The van der Waals surface area contributed by atoms with E-state index < -0.39 is 0 Å². The first-order valence-corrected chi connectivity index (χ1v) is 7.04. The van der Waals surface area contributed by atoms with Crippen molar-refractivity contribution in [1.82, 2.24) is 15.3 Å². The van der Waals surface area contributed by atoms with Crippen LogP contribution in [0.5, 0.6) is 0 Å². The molecule has 2 heterocycles. The van der Waals surface area contributed by atoms with E-state index in [9.17, 15) is 0 Å². The third kappa shape index (κ3) is 2.71. The summed E-state index contributed by atoms with van der Waals surface area (Å²) in [6.45, 7) is 6.55. The quantitative estimate of drug-likeness (QED) is 0.885. The van der Waals surface area contributed by atoms with Crippen LogP contribution >= 0.6 is 0 Å². The summed E-state index contributed by atoms with van der Waals surface area (Å²) in [5.74, 6) is 1.85. The van der Waals surface area contributed by atoms with Crippen molar-refractivity contribution in [3.05, 3.63) is 41.3 Å². The number of aromatic amines is 1. The number of hydrogen-bond donors (Lipinski definition) is 2. The SMILES string of the molecule is Cc1ccc(C)c(-c2cnc(CC3CCNC3)[nH]2)c1. The average Bonchev–Trinajstić information content (AvgIpc) is 3.04. The Morgan fingerprint density at radius 1 is 1.32 bits per heavy atom. The van der Waals surface area contributed by atoms with Crippen molar-refractivity contribution in [3.8, 4) is 11.3 Å². The molecular formula is C16H21N3. The number of nitrogens with one attached hydrogen (secondary N) is 2. The standard InChI is InChI=1S/C16H21N3/c1-11-3-4-12(2)14(7-11)15-10-18-16(19-15)8-13-5-6-17-9-13/h3-4,7,10,13,17H,5-6,8-9H2,1-2H3,(H,18,19). The maximum Gasteiger partial charge on any atom is 0.106 e. The van der Waals surface area contributed by atoms with Gasteiger partial charge in [0.15, 0.2) is 0 Å². The van der Waals surface area contributed by atoms with Gasteiger partial charge in [-0.15, -0.1) is 0 Å². The van der Waals surface area contributed by atoms with Gasteiger partial charge in [-0.05, 0) is 50.9 Å². The summed E-state index contributed by atoms with van der Waals surface area (Å²) >= 11 is 0. The smallest absolute Gasteiger partial charge is 0.106 e. The molecule has 3 rings (SSSR count). The van der Waals surface area contributed by atoms with E-state index in [0.29, 0.717) is 0 Å². The number of rotatable bonds is 3. The lowest BCUT2D eigenvalue weighted by Gasteiger charge is -2.06. The molecule has 1 fully saturated rings. The highest BCUT2D eigenvalue weighted by Gasteiger charge is 2.16. The molecule has 1 aliphatic rings. The Morgan fingerprint density at radius 2 is 2.21 bits per heavy atom. The third-order valence-corrected chi connectivity index (χ3v) is 3.96. The van der Waals surface area contributed by atoms with Crippen molar-refractivity contribution < 1.29 is 0 Å². The van der Waals surface area contributed by atoms with Crippen LogP contribution in [0.2, 0.25) is 0 Å². The van der Waals surface area contributed by atoms with E-state index in [4.69, 9.17) is 0 Å². The van der Waals surface area contributed by atoms with Crippen molar-refractivity contribution in [3.63, 3.8) is 0 Å². The largest absolute Gasteiger partial charge is 0.342 e. The molecule has 1 aromatic heterocycles. The van der Waals surface area contributed by atoms with Gasteiger partial charge in [0, 0.05) is 12.0 Å². The van der Waals surface area contributed by atoms with Crippen LogP contribution in [-0.4, -0.2) is 23.1 Å². The van der Waals surface area contributed by atoms with Crippen LogP contribution in [-0.2, 0) is 6.42 Å². The third-order valence-electron chi connectivity index (χ3n) is 3.96. The molecule has 3 nitrogen and oxygen atoms in total. The minimum Gasteiger partial charge on any atom is -0.342 e. The highest BCUT2D eigenvalue weighted by atomic mass is 14.9. The van der Waals surface area contributed by atoms with Crippen LogP contribution in [0.15, 0.2) is 24.4 Å². The molecule has 0 aliphatic carbocycles. The summed E-state index contributed by atoms with van der Waals surface area (Å²) in [5.41, 5.74) is 4.99. The van der Waals surface area contributed by atoms with Gasteiger partial charge in [-0.25, -0.2) is 4.98 Å². The molecule has 2 N–H and O–H groups in total. The van der Waals surface area contributed by atoms with Gasteiger partial charge >= 0.3 is 0 Å². The maximum absolute atomic E-state index is 4.54. The van der Waals surface area contributed by atoms with E-state index in [2.05, 4.69) is 47.3 Å². The Labute approximate surface area is 114 Å². The zero-order valence-electron chi connectivity index (χ0n) is 11.7. The van der Waals surface area contributed by atoms with Gasteiger partial charge in [-0.2, -0.15) is 0 Å². The summed E-state index contributed by atoms with van der Waals surface area (Å²) in [4.78, 5) is 8.03. The molecule has 1 aromatic carbocycles. The molecule has 3 heteroatoms. The molecule has 19 heavy (non-hydrogen) atoms. The number of aryl methyl sites for hydroxylation is 2. The van der Waals surface area contributed by atoms with E-state index in [1.807, 2.05) is 6.20 Å². The lowest BCUT2D eigenvalue weighted by atomic mass is 10.0. The Hall–Kier alpha value is -1.61. The van der Waals surface area contributed by atoms with Crippen molar-refractivity contribution in [1.29, 1.82) is 0 Å². The van der Waals surface area contributed by atoms with Crippen LogP contribution in [0.4, 0.5) is 0 Å². The first-order chi connectivity index (χ1) is 9.22. The fourth-order valence-corrected chi connectivity index (χ4v) is 2.79. The average molecular weight is 255 g/mol. The number of benzene rings is 1. The maximum atomic E-state index is 4.54. The number of aromatic nitrogens is 2. The van der Waals surface area contributed by atoms with E-state index in [0.717, 1.165) is 36.9 Å². The van der Waals surface area contributed by atoms with Crippen molar-refractivity contribution in [2.24, 2.45) is 5.92 Å². The molecule has 0 radical (unpaired) electrons. The highest BCUT2D eigenvalue weighted by Crippen LogP contribution is 2.23. The van der Waals surface area contributed by atoms with Crippen LogP contribution in [0.1, 0.15) is 23.4 Å². The predicted molar refractivity (Wildman–Crippen MR) is 78.2 cm³/mol. The molecule has 0 bridgehead atoms. The van der Waals surface area contributed by atoms with Crippen LogP contribution in [0, 0.1) is 19.8 Å². The number of imidazole rings is 1. The van der Waals surface area contributed by atoms with Crippen molar-refractivity contribution >= 4 is 0 Å². The Bertz CT molecular complexity index is 565. The Kier molecular flexibility index (Phi) is 3.38. The highest BCUT2D eigenvalue weighted by molar-refractivity contribution is 5.63. The van der Waals surface area contributed by atoms with E-state index in [-0.39, 0.29) is 0 Å². The zero-order chi connectivity index (χ0) is 13.2. The monoisotopic (exact) mass is 255 g/mol. The van der Waals surface area contributed by atoms with Gasteiger partial charge in [0.05, 0.1) is 11.9 Å². The summed E-state index contributed by atoms with van der Waals surface area (Å²) < 4.78 is 0. The van der Waals surface area contributed by atoms with E-state index in [1.54, 1.807) is 0 Å². The molecule has 100 valence electrons. The van der Waals surface area contributed by atoms with Gasteiger partial charge in [0.2, 0.25) is 0 Å². The predicted octanol–water partition coefficient (Wildman–Crippen LogP) is 2.85. The summed E-state index contributed by atoms with van der Waals surface area (Å²) in [5, 5.41) is 3.41. The van der Waals surface area contributed by atoms with Crippen LogP contribution in [0.25, 0.3) is 11.3 Å². The Morgan fingerprint density at radius 3 is 3.00 bits per heavy atom. The lowest BCUT2D eigenvalue weighted by Crippen LogP contribution is -2.11. The minimum atomic E-state index is 0.734. The molecule has 0 saturated carbocycles. The summed E-state index contributed by atoms with van der Waals surface area (Å²) in [6, 6.07) is 6.55. The summed E-state index contributed by atoms with van der Waals surface area (Å²) in [7, 11) is 0. The molecule has 1 atom stereocenters.